The second-order valence-electron chi connectivity index (χ2n) is 7.36. The third kappa shape index (κ3) is 6.21. The van der Waals surface area contributed by atoms with Crippen LogP contribution in [-0.4, -0.2) is 35.2 Å². The van der Waals surface area contributed by atoms with E-state index in [0.717, 1.165) is 0 Å². The number of phenols is 1. The van der Waals surface area contributed by atoms with E-state index in [-0.39, 0.29) is 53.4 Å². The average molecular weight is 461 g/mol. The Hall–Kier alpha value is -3.62. The van der Waals surface area contributed by atoms with Gasteiger partial charge in [0.1, 0.15) is 23.3 Å². The minimum absolute atomic E-state index is 0.0759. The van der Waals surface area contributed by atoms with Crippen LogP contribution in [0.15, 0.2) is 47.1 Å². The Morgan fingerprint density at radius 2 is 1.91 bits per heavy atom. The van der Waals surface area contributed by atoms with Crippen molar-refractivity contribution in [3.05, 3.63) is 53.9 Å². The van der Waals surface area contributed by atoms with E-state index < -0.39 is 6.61 Å². The largest absolute Gasteiger partial charge is 0.507 e. The van der Waals surface area contributed by atoms with Crippen LogP contribution >= 0.6 is 0 Å². The molecule has 0 saturated carbocycles. The Kier molecular flexibility index (Phi) is 7.87. The zero-order chi connectivity index (χ0) is 24.0. The molecule has 2 aromatic carbocycles. The fourth-order valence-electron chi connectivity index (χ4n) is 3.18. The van der Waals surface area contributed by atoms with E-state index in [1.165, 1.54) is 30.5 Å². The number of ketones is 1. The van der Waals surface area contributed by atoms with E-state index in [1.54, 1.807) is 32.9 Å². The van der Waals surface area contributed by atoms with Crippen LogP contribution in [-0.2, 0) is 6.42 Å². The van der Waals surface area contributed by atoms with Crippen LogP contribution in [0.3, 0.4) is 0 Å². The van der Waals surface area contributed by atoms with Crippen molar-refractivity contribution in [3.8, 4) is 34.5 Å². The minimum Gasteiger partial charge on any atom is -0.507 e. The molecule has 33 heavy (non-hydrogen) atoms. The summed E-state index contributed by atoms with van der Waals surface area (Å²) < 4.78 is 46.4. The highest BCUT2D eigenvalue weighted by Crippen LogP contribution is 2.34. The predicted octanol–water partition coefficient (Wildman–Crippen LogP) is 5.65. The fourth-order valence-corrected chi connectivity index (χ4v) is 3.18. The third-order valence-electron chi connectivity index (χ3n) is 4.51. The van der Waals surface area contributed by atoms with E-state index in [0.29, 0.717) is 23.6 Å². The summed E-state index contributed by atoms with van der Waals surface area (Å²) >= 11 is 0. The number of Topliss-reactive ketones (excluding diaryl/α,β-unsaturated/α-hetero) is 1. The molecule has 1 heterocycles. The van der Waals surface area contributed by atoms with E-state index in [9.17, 15) is 18.7 Å². The summed E-state index contributed by atoms with van der Waals surface area (Å²) in [5.41, 5.74) is 1.16. The molecule has 0 bridgehead atoms. The highest BCUT2D eigenvalue weighted by molar-refractivity contribution is 6.01. The smallest absolute Gasteiger partial charge is 0.387 e. The van der Waals surface area contributed by atoms with Gasteiger partial charge in [0, 0.05) is 18.4 Å². The summed E-state index contributed by atoms with van der Waals surface area (Å²) in [5.74, 6) is 0.186. The molecule has 0 aliphatic heterocycles. The topological polar surface area (TPSA) is 91.0 Å². The highest BCUT2D eigenvalue weighted by atomic mass is 19.3. The number of aryl methyl sites for hydroxylation is 1. The first-order valence-corrected chi connectivity index (χ1v) is 10.5. The molecule has 7 nitrogen and oxygen atoms in total. The monoisotopic (exact) mass is 461 g/mol. The van der Waals surface area contributed by atoms with Crippen molar-refractivity contribution in [2.75, 3.05) is 6.61 Å². The van der Waals surface area contributed by atoms with Gasteiger partial charge in [0.2, 0.25) is 5.89 Å². The van der Waals surface area contributed by atoms with Gasteiger partial charge in [-0.05, 0) is 51.1 Å². The van der Waals surface area contributed by atoms with E-state index in [2.05, 4.69) is 9.72 Å². The molecule has 1 N–H and O–H groups in total. The number of nitrogens with zero attached hydrogens (tertiary/aromatic N) is 1. The Labute approximate surface area is 189 Å². The average Bonchev–Trinajstić information content (AvgIpc) is 3.22. The lowest BCUT2D eigenvalue weighted by Gasteiger charge is -2.15. The maximum absolute atomic E-state index is 12.7. The Morgan fingerprint density at radius 3 is 2.61 bits per heavy atom. The lowest BCUT2D eigenvalue weighted by Crippen LogP contribution is -2.09. The highest BCUT2D eigenvalue weighted by Gasteiger charge is 2.19. The van der Waals surface area contributed by atoms with Crippen LogP contribution in [0.1, 0.15) is 43.2 Å². The van der Waals surface area contributed by atoms with E-state index >= 15 is 0 Å². The van der Waals surface area contributed by atoms with Crippen LogP contribution in [0.25, 0.3) is 11.5 Å². The zero-order valence-electron chi connectivity index (χ0n) is 18.5. The van der Waals surface area contributed by atoms with Gasteiger partial charge >= 0.3 is 6.61 Å². The molecule has 3 aromatic rings. The summed E-state index contributed by atoms with van der Waals surface area (Å²) in [5, 5.41) is 10.1. The summed E-state index contributed by atoms with van der Waals surface area (Å²) in [6.45, 7) is 2.70. The van der Waals surface area contributed by atoms with Crippen molar-refractivity contribution in [2.24, 2.45) is 0 Å². The lowest BCUT2D eigenvalue weighted by atomic mass is 10.0. The van der Waals surface area contributed by atoms with Crippen molar-refractivity contribution in [3.63, 3.8) is 0 Å². The van der Waals surface area contributed by atoms with E-state index in [4.69, 9.17) is 13.9 Å². The summed E-state index contributed by atoms with van der Waals surface area (Å²) in [6, 6.07) is 9.07. The molecule has 0 amide bonds. The molecular formula is C24H25F2NO6. The van der Waals surface area contributed by atoms with Gasteiger partial charge in [0.15, 0.2) is 17.3 Å². The normalized spacial score (nSPS) is 11.1. The van der Waals surface area contributed by atoms with Crippen LogP contribution in [0.4, 0.5) is 8.78 Å². The second kappa shape index (κ2) is 10.8. The molecular weight excluding hydrogens is 436 g/mol. The third-order valence-corrected chi connectivity index (χ3v) is 4.51. The van der Waals surface area contributed by atoms with Gasteiger partial charge in [-0.15, -0.1) is 0 Å². The number of hydrogen-bond acceptors (Lipinski definition) is 7. The first kappa shape index (κ1) is 24.0. The summed E-state index contributed by atoms with van der Waals surface area (Å²) in [4.78, 5) is 17.1. The number of alkyl halides is 2. The SMILES string of the molecule is CCOc1cccc(O)c1C(=O)CCc1coc(-c2ccc(OC(F)F)c(OC(C)C)c2)n1. The first-order valence-electron chi connectivity index (χ1n) is 10.5. The first-order chi connectivity index (χ1) is 15.8. The van der Waals surface area contributed by atoms with Crippen molar-refractivity contribution >= 4 is 5.78 Å². The van der Waals surface area contributed by atoms with Crippen molar-refractivity contribution in [1.82, 2.24) is 4.98 Å². The summed E-state index contributed by atoms with van der Waals surface area (Å²) in [6.07, 6.45) is 1.50. The number of oxazole rings is 1. The number of carbonyl (C=O) groups excluding carboxylic acids is 1. The number of ether oxygens (including phenoxy) is 3. The van der Waals surface area contributed by atoms with Crippen molar-refractivity contribution < 1.29 is 37.3 Å². The maximum atomic E-state index is 12.7. The molecule has 0 spiro atoms. The molecule has 0 fully saturated rings. The maximum Gasteiger partial charge on any atom is 0.387 e. The number of aromatic hydroxyl groups is 1. The van der Waals surface area contributed by atoms with Crippen LogP contribution < -0.4 is 14.2 Å². The fraction of sp³-hybridized carbons (Fsp3) is 0.333. The number of carbonyl (C=O) groups is 1. The van der Waals surface area contributed by atoms with Gasteiger partial charge in [0.05, 0.1) is 18.4 Å². The quantitative estimate of drug-likeness (QED) is 0.369. The molecule has 0 aliphatic carbocycles. The molecule has 0 atom stereocenters. The number of rotatable bonds is 11. The number of halogens is 2. The molecule has 0 radical (unpaired) electrons. The van der Waals surface area contributed by atoms with Crippen molar-refractivity contribution in [1.29, 1.82) is 0 Å². The van der Waals surface area contributed by atoms with Gasteiger partial charge in [-0.2, -0.15) is 8.78 Å². The molecule has 0 unspecified atom stereocenters. The van der Waals surface area contributed by atoms with Crippen molar-refractivity contribution in [2.45, 2.75) is 46.3 Å². The number of hydrogen-bond donors (Lipinski definition) is 1. The molecule has 0 aliphatic rings. The van der Waals surface area contributed by atoms with Crippen LogP contribution in [0.2, 0.25) is 0 Å². The van der Waals surface area contributed by atoms with Crippen LogP contribution in [0, 0.1) is 0 Å². The number of benzene rings is 2. The predicted molar refractivity (Wildman–Crippen MR) is 116 cm³/mol. The second-order valence-corrected chi connectivity index (χ2v) is 7.36. The Balaban J connectivity index is 1.75. The van der Waals surface area contributed by atoms with Gasteiger partial charge in [-0.3, -0.25) is 4.79 Å². The number of aromatic nitrogens is 1. The molecule has 0 saturated heterocycles. The zero-order valence-corrected chi connectivity index (χ0v) is 18.5. The van der Waals surface area contributed by atoms with Crippen LogP contribution in [0.5, 0.6) is 23.0 Å². The number of phenolic OH excluding ortho intramolecular Hbond substituents is 1. The summed E-state index contributed by atoms with van der Waals surface area (Å²) in [7, 11) is 0. The minimum atomic E-state index is -2.98. The molecule has 3 rings (SSSR count). The molecule has 1 aromatic heterocycles. The van der Waals surface area contributed by atoms with Gasteiger partial charge in [0.25, 0.3) is 0 Å². The Morgan fingerprint density at radius 1 is 1.12 bits per heavy atom. The van der Waals surface area contributed by atoms with Gasteiger partial charge < -0.3 is 23.7 Å². The van der Waals surface area contributed by atoms with E-state index in [1.807, 2.05) is 0 Å². The standard InChI is InChI=1S/C24H25F2NO6/c1-4-30-20-7-5-6-17(28)22(20)18(29)10-9-16-13-31-23(27-16)15-8-11-19(33-24(25)26)21(12-15)32-14(2)3/h5-8,11-14,24,28H,4,9-10H2,1-3H3. The lowest BCUT2D eigenvalue weighted by molar-refractivity contribution is -0.0518. The molecule has 176 valence electrons. The Bertz CT molecular complexity index is 1100. The molecule has 9 heteroatoms. The van der Waals surface area contributed by atoms with Gasteiger partial charge in [-0.25, -0.2) is 4.98 Å². The van der Waals surface area contributed by atoms with Gasteiger partial charge in [-0.1, -0.05) is 6.07 Å².